The third-order valence-electron chi connectivity index (χ3n) is 4.60. The number of aryl methyl sites for hydroxylation is 1. The lowest BCUT2D eigenvalue weighted by atomic mass is 10.2. The Hall–Kier alpha value is -3.22. The Morgan fingerprint density at radius 1 is 1.06 bits per heavy atom. The molecule has 180 valence electrons. The number of anilines is 3. The average Bonchev–Trinajstić information content (AvgIpc) is 2.73. The van der Waals surface area contributed by atoms with Gasteiger partial charge in [0.1, 0.15) is 6.04 Å². The summed E-state index contributed by atoms with van der Waals surface area (Å²) in [5.74, 6) is -0.680. The van der Waals surface area contributed by atoms with Crippen molar-refractivity contribution in [2.45, 2.75) is 24.8 Å². The summed E-state index contributed by atoms with van der Waals surface area (Å²) in [6.45, 7) is 3.14. The van der Waals surface area contributed by atoms with E-state index in [1.54, 1.807) is 25.1 Å². The van der Waals surface area contributed by atoms with Crippen molar-refractivity contribution in [3.05, 3.63) is 71.5 Å². The molecule has 1 amide bonds. The van der Waals surface area contributed by atoms with Gasteiger partial charge >= 0.3 is 0 Å². The van der Waals surface area contributed by atoms with Gasteiger partial charge in [-0.3, -0.25) is 9.10 Å². The molecule has 10 nitrogen and oxygen atoms in total. The molecule has 0 spiro atoms. The number of hydrogen-bond donors (Lipinski definition) is 2. The van der Waals surface area contributed by atoms with Gasteiger partial charge < -0.3 is 5.32 Å². The first-order valence-electron chi connectivity index (χ1n) is 9.85. The van der Waals surface area contributed by atoms with Crippen LogP contribution in [0.2, 0.25) is 5.02 Å². The summed E-state index contributed by atoms with van der Waals surface area (Å²) in [7, 11) is -7.77. The van der Waals surface area contributed by atoms with E-state index in [0.29, 0.717) is 10.7 Å². The lowest BCUT2D eigenvalue weighted by Crippen LogP contribution is -2.45. The topological polar surface area (TPSA) is 138 Å². The van der Waals surface area contributed by atoms with Crippen molar-refractivity contribution in [1.29, 1.82) is 0 Å². The predicted octanol–water partition coefficient (Wildman–Crippen LogP) is 3.03. The Morgan fingerprint density at radius 3 is 2.32 bits per heavy atom. The number of nitrogens with one attached hydrogen (secondary N) is 2. The highest BCUT2D eigenvalue weighted by molar-refractivity contribution is 7.92. The lowest BCUT2D eigenvalue weighted by Gasteiger charge is -2.28. The molecule has 2 N–H and O–H groups in total. The predicted molar refractivity (Wildman–Crippen MR) is 131 cm³/mol. The van der Waals surface area contributed by atoms with Gasteiger partial charge in [-0.05, 0) is 62.4 Å². The summed E-state index contributed by atoms with van der Waals surface area (Å²) in [4.78, 5) is 20.6. The van der Waals surface area contributed by atoms with E-state index < -0.39 is 32.0 Å². The third kappa shape index (κ3) is 6.22. The minimum Gasteiger partial charge on any atom is -0.324 e. The molecule has 34 heavy (non-hydrogen) atoms. The maximum atomic E-state index is 12.8. The van der Waals surface area contributed by atoms with Gasteiger partial charge in [-0.2, -0.15) is 0 Å². The molecule has 1 aromatic heterocycles. The summed E-state index contributed by atoms with van der Waals surface area (Å²) < 4.78 is 53.2. The molecule has 1 atom stereocenters. The Balaban J connectivity index is 1.77. The molecule has 0 aliphatic carbocycles. The van der Waals surface area contributed by atoms with Gasteiger partial charge in [0, 0.05) is 22.6 Å². The Kier molecular flexibility index (Phi) is 7.44. The summed E-state index contributed by atoms with van der Waals surface area (Å²) in [6, 6.07) is 12.0. The number of benzene rings is 2. The molecular formula is C21H22ClN5O5S2. The number of hydrogen-bond acceptors (Lipinski definition) is 7. The maximum absolute atomic E-state index is 12.8. The molecule has 3 aromatic rings. The zero-order valence-corrected chi connectivity index (χ0v) is 20.8. The first kappa shape index (κ1) is 25.4. The summed E-state index contributed by atoms with van der Waals surface area (Å²) >= 11 is 5.98. The zero-order valence-electron chi connectivity index (χ0n) is 18.4. The normalized spacial score (nSPS) is 12.6. The fourth-order valence-electron chi connectivity index (χ4n) is 3.06. The molecule has 0 radical (unpaired) electrons. The number of aromatic nitrogens is 2. The van der Waals surface area contributed by atoms with Crippen molar-refractivity contribution in [3.63, 3.8) is 0 Å². The summed E-state index contributed by atoms with van der Waals surface area (Å²) in [6.07, 6.45) is 2.42. The van der Waals surface area contributed by atoms with Crippen molar-refractivity contribution in [2.24, 2.45) is 0 Å². The van der Waals surface area contributed by atoms with Gasteiger partial charge in [0.15, 0.2) is 0 Å². The van der Waals surface area contributed by atoms with E-state index in [1.165, 1.54) is 49.5 Å². The molecule has 0 saturated carbocycles. The van der Waals surface area contributed by atoms with Gasteiger partial charge in [0.05, 0.1) is 16.8 Å². The Morgan fingerprint density at radius 2 is 1.74 bits per heavy atom. The van der Waals surface area contributed by atoms with Crippen LogP contribution < -0.4 is 14.3 Å². The van der Waals surface area contributed by atoms with E-state index in [1.807, 2.05) is 0 Å². The number of halogens is 1. The van der Waals surface area contributed by atoms with Crippen LogP contribution in [0.1, 0.15) is 12.6 Å². The van der Waals surface area contributed by atoms with Gasteiger partial charge in [-0.25, -0.2) is 31.5 Å². The Labute approximate surface area is 203 Å². The van der Waals surface area contributed by atoms with E-state index in [2.05, 4.69) is 20.0 Å². The largest absolute Gasteiger partial charge is 0.324 e. The van der Waals surface area contributed by atoms with E-state index >= 15 is 0 Å². The van der Waals surface area contributed by atoms with Crippen LogP contribution in [-0.2, 0) is 24.8 Å². The average molecular weight is 524 g/mol. The van der Waals surface area contributed by atoms with Crippen LogP contribution in [0.3, 0.4) is 0 Å². The van der Waals surface area contributed by atoms with Crippen molar-refractivity contribution in [1.82, 2.24) is 9.97 Å². The molecule has 0 fully saturated rings. The van der Waals surface area contributed by atoms with Crippen LogP contribution in [0, 0.1) is 6.92 Å². The Bertz CT molecular complexity index is 1410. The van der Waals surface area contributed by atoms with E-state index in [4.69, 9.17) is 11.6 Å². The first-order chi connectivity index (χ1) is 15.9. The molecule has 0 bridgehead atoms. The second kappa shape index (κ2) is 9.95. The second-order valence-corrected chi connectivity index (χ2v) is 11.3. The first-order valence-corrected chi connectivity index (χ1v) is 13.6. The minimum absolute atomic E-state index is 0.0620. The quantitative estimate of drug-likeness (QED) is 0.462. The van der Waals surface area contributed by atoms with Crippen molar-refractivity contribution in [2.75, 3.05) is 20.6 Å². The molecule has 1 heterocycles. The number of sulfonamides is 2. The molecule has 0 aliphatic rings. The highest BCUT2D eigenvalue weighted by Gasteiger charge is 2.29. The molecule has 0 aliphatic heterocycles. The van der Waals surface area contributed by atoms with Crippen molar-refractivity contribution >= 4 is 54.9 Å². The van der Waals surface area contributed by atoms with E-state index in [-0.39, 0.29) is 22.2 Å². The number of rotatable bonds is 8. The molecule has 2 aromatic carbocycles. The van der Waals surface area contributed by atoms with Gasteiger partial charge in [0.2, 0.25) is 21.9 Å². The van der Waals surface area contributed by atoms with Gasteiger partial charge in [0.25, 0.3) is 10.0 Å². The van der Waals surface area contributed by atoms with Crippen LogP contribution >= 0.6 is 11.6 Å². The standard InChI is InChI=1S/C21H22ClN5O5S2/c1-14-11-12-23-21(24-14)26-34(31,32)19-9-7-17(8-10-19)25-20(28)15(2)27(33(3,29)30)18-6-4-5-16(22)13-18/h4-13,15H,1-3H3,(H,25,28)(H,23,24,26)/t15-/m1/s1. The number of amides is 1. The molecule has 13 heteroatoms. The summed E-state index contributed by atoms with van der Waals surface area (Å²) in [5.41, 5.74) is 1.12. The molecule has 0 saturated heterocycles. The number of carbonyl (C=O) groups is 1. The van der Waals surface area contributed by atoms with Gasteiger partial charge in [-0.1, -0.05) is 17.7 Å². The SMILES string of the molecule is Cc1ccnc(NS(=O)(=O)c2ccc(NC(=O)[C@@H](C)N(c3cccc(Cl)c3)S(C)(=O)=O)cc2)n1. The van der Waals surface area contributed by atoms with Crippen LogP contribution in [0.4, 0.5) is 17.3 Å². The monoisotopic (exact) mass is 523 g/mol. The fourth-order valence-corrected chi connectivity index (χ4v) is 5.37. The minimum atomic E-state index is -3.95. The van der Waals surface area contributed by atoms with Crippen LogP contribution in [0.25, 0.3) is 0 Å². The highest BCUT2D eigenvalue weighted by atomic mass is 35.5. The van der Waals surface area contributed by atoms with E-state index in [0.717, 1.165) is 10.6 Å². The maximum Gasteiger partial charge on any atom is 0.264 e. The third-order valence-corrected chi connectivity index (χ3v) is 7.42. The van der Waals surface area contributed by atoms with Gasteiger partial charge in [-0.15, -0.1) is 0 Å². The van der Waals surface area contributed by atoms with Crippen molar-refractivity contribution in [3.8, 4) is 0 Å². The second-order valence-electron chi connectivity index (χ2n) is 7.36. The molecule has 0 unspecified atom stereocenters. The molecular weight excluding hydrogens is 502 g/mol. The zero-order chi connectivity index (χ0) is 25.1. The molecule has 3 rings (SSSR count). The summed E-state index contributed by atoms with van der Waals surface area (Å²) in [5, 5.41) is 2.92. The van der Waals surface area contributed by atoms with Crippen LogP contribution in [-0.4, -0.2) is 45.0 Å². The number of nitrogens with zero attached hydrogens (tertiary/aromatic N) is 3. The number of carbonyl (C=O) groups excluding carboxylic acids is 1. The highest BCUT2D eigenvalue weighted by Crippen LogP contribution is 2.25. The van der Waals surface area contributed by atoms with E-state index in [9.17, 15) is 21.6 Å². The van der Waals surface area contributed by atoms with Crippen LogP contribution in [0.15, 0.2) is 65.7 Å². The smallest absolute Gasteiger partial charge is 0.264 e. The van der Waals surface area contributed by atoms with Crippen LogP contribution in [0.5, 0.6) is 0 Å². The fraction of sp³-hybridized carbons (Fsp3) is 0.190. The lowest BCUT2D eigenvalue weighted by molar-refractivity contribution is -0.116. The van der Waals surface area contributed by atoms with Crippen molar-refractivity contribution < 1.29 is 21.6 Å².